The molecule has 0 saturated carbocycles. The Labute approximate surface area is 137 Å². The lowest BCUT2D eigenvalue weighted by Gasteiger charge is -2.34. The van der Waals surface area contributed by atoms with Gasteiger partial charge in [0.05, 0.1) is 6.04 Å². The molecule has 1 rings (SSSR count). The van der Waals surface area contributed by atoms with E-state index in [1.165, 1.54) is 5.01 Å². The summed E-state index contributed by atoms with van der Waals surface area (Å²) in [6.07, 6.45) is 1.30. The molecule has 0 aromatic carbocycles. The molecule has 1 aliphatic heterocycles. The summed E-state index contributed by atoms with van der Waals surface area (Å²) in [6, 6.07) is -1.56. The van der Waals surface area contributed by atoms with E-state index in [0.717, 1.165) is 0 Å². The highest BCUT2D eigenvalue weighted by molar-refractivity contribution is 5.90. The molecule has 8 nitrogen and oxygen atoms in total. The molecule has 0 aliphatic carbocycles. The fourth-order valence-electron chi connectivity index (χ4n) is 2.60. The number of nitrogens with one attached hydrogen (secondary N) is 3. The van der Waals surface area contributed by atoms with Crippen molar-refractivity contribution in [3.63, 3.8) is 0 Å². The Balaban J connectivity index is 2.62. The molecule has 8 heteroatoms. The first kappa shape index (κ1) is 19.4. The Kier molecular flexibility index (Phi) is 7.44. The van der Waals surface area contributed by atoms with E-state index in [-0.39, 0.29) is 23.8 Å². The largest absolute Gasteiger partial charge is 0.368 e. The number of nitrogens with two attached hydrogens (primary N) is 1. The fourth-order valence-corrected chi connectivity index (χ4v) is 2.60. The third kappa shape index (κ3) is 5.47. The standard InChI is InChI=1S/C15H29N5O3/c1-5-17-12(9(2)3)14(22)18-10(4)15(23)20-8-6-7-11(19-20)13(16)21/h9-12,17,19H,5-8H2,1-4H3,(H2,16,21)(H,18,22)/t10-,11-,12?/m0/s1. The van der Waals surface area contributed by atoms with Crippen LogP contribution in [0.1, 0.15) is 40.5 Å². The van der Waals surface area contributed by atoms with Crippen LogP contribution in [0.2, 0.25) is 0 Å². The number of rotatable bonds is 7. The van der Waals surface area contributed by atoms with E-state index in [2.05, 4.69) is 16.1 Å². The molecule has 23 heavy (non-hydrogen) atoms. The molecule has 3 amide bonds. The lowest BCUT2D eigenvalue weighted by molar-refractivity contribution is -0.142. The maximum atomic E-state index is 12.4. The Morgan fingerprint density at radius 1 is 1.30 bits per heavy atom. The zero-order chi connectivity index (χ0) is 17.6. The Morgan fingerprint density at radius 2 is 1.96 bits per heavy atom. The minimum atomic E-state index is -0.679. The van der Waals surface area contributed by atoms with E-state index in [1.807, 2.05) is 20.8 Å². The smallest absolute Gasteiger partial charge is 0.258 e. The van der Waals surface area contributed by atoms with Crippen LogP contribution in [0.5, 0.6) is 0 Å². The third-order valence-corrected chi connectivity index (χ3v) is 3.90. The number of likely N-dealkylation sites (N-methyl/N-ethyl adjacent to an activating group) is 1. The number of carbonyl (C=O) groups is 3. The molecule has 0 bridgehead atoms. The minimum absolute atomic E-state index is 0.115. The molecule has 1 saturated heterocycles. The highest BCUT2D eigenvalue weighted by Crippen LogP contribution is 2.09. The van der Waals surface area contributed by atoms with Gasteiger partial charge in [-0.05, 0) is 32.2 Å². The number of hydrogen-bond donors (Lipinski definition) is 4. The van der Waals surface area contributed by atoms with Crippen LogP contribution in [0.15, 0.2) is 0 Å². The van der Waals surface area contributed by atoms with Crippen molar-refractivity contribution >= 4 is 17.7 Å². The van der Waals surface area contributed by atoms with Gasteiger partial charge in [-0.1, -0.05) is 20.8 Å². The zero-order valence-corrected chi connectivity index (χ0v) is 14.4. The first-order valence-corrected chi connectivity index (χ1v) is 8.18. The second kappa shape index (κ2) is 8.83. The van der Waals surface area contributed by atoms with Crippen molar-refractivity contribution < 1.29 is 14.4 Å². The normalized spacial score (nSPS) is 20.9. The van der Waals surface area contributed by atoms with E-state index in [0.29, 0.717) is 25.9 Å². The molecule has 5 N–H and O–H groups in total. The van der Waals surface area contributed by atoms with Gasteiger partial charge in [0, 0.05) is 6.54 Å². The highest BCUT2D eigenvalue weighted by atomic mass is 16.2. The maximum Gasteiger partial charge on any atom is 0.258 e. The third-order valence-electron chi connectivity index (χ3n) is 3.90. The molecule has 0 aromatic heterocycles. The van der Waals surface area contributed by atoms with E-state index < -0.39 is 18.0 Å². The summed E-state index contributed by atoms with van der Waals surface area (Å²) >= 11 is 0. The van der Waals surface area contributed by atoms with Gasteiger partial charge in [0.2, 0.25) is 11.8 Å². The van der Waals surface area contributed by atoms with Crippen molar-refractivity contribution in [2.45, 2.75) is 58.7 Å². The molecule has 0 aromatic rings. The number of nitrogens with zero attached hydrogens (tertiary/aromatic N) is 1. The maximum absolute atomic E-state index is 12.4. The van der Waals surface area contributed by atoms with Crippen molar-refractivity contribution in [3.8, 4) is 0 Å². The predicted octanol–water partition coefficient (Wildman–Crippen LogP) is -0.894. The van der Waals surface area contributed by atoms with Crippen molar-refractivity contribution in [1.82, 2.24) is 21.1 Å². The summed E-state index contributed by atoms with van der Waals surface area (Å²) in [7, 11) is 0. The number of primary amides is 1. The van der Waals surface area contributed by atoms with Crippen LogP contribution in [0, 0.1) is 5.92 Å². The van der Waals surface area contributed by atoms with Crippen LogP contribution in [-0.2, 0) is 14.4 Å². The van der Waals surface area contributed by atoms with Crippen molar-refractivity contribution in [2.75, 3.05) is 13.1 Å². The van der Waals surface area contributed by atoms with Crippen molar-refractivity contribution in [1.29, 1.82) is 0 Å². The molecule has 132 valence electrons. The van der Waals surface area contributed by atoms with Gasteiger partial charge in [-0.2, -0.15) is 0 Å². The van der Waals surface area contributed by atoms with Gasteiger partial charge in [-0.15, -0.1) is 0 Å². The summed E-state index contributed by atoms with van der Waals surface area (Å²) < 4.78 is 0. The first-order chi connectivity index (χ1) is 10.8. The molecule has 0 radical (unpaired) electrons. The Morgan fingerprint density at radius 3 is 2.48 bits per heavy atom. The van der Waals surface area contributed by atoms with Crippen LogP contribution < -0.4 is 21.8 Å². The SMILES string of the molecule is CCNC(C(=O)N[C@@H](C)C(=O)N1CCC[C@@H](C(N)=O)N1)C(C)C. The number of hydrazine groups is 1. The lowest BCUT2D eigenvalue weighted by atomic mass is 10.0. The molecule has 1 aliphatic rings. The first-order valence-electron chi connectivity index (χ1n) is 8.18. The summed E-state index contributed by atoms with van der Waals surface area (Å²) in [6.45, 7) is 8.63. The number of carbonyl (C=O) groups excluding carboxylic acids is 3. The van der Waals surface area contributed by atoms with E-state index in [1.54, 1.807) is 6.92 Å². The molecule has 1 unspecified atom stereocenters. The minimum Gasteiger partial charge on any atom is -0.368 e. The van der Waals surface area contributed by atoms with Crippen molar-refractivity contribution in [3.05, 3.63) is 0 Å². The second-order valence-corrected chi connectivity index (χ2v) is 6.23. The van der Waals surface area contributed by atoms with E-state index >= 15 is 0 Å². The molecule has 1 fully saturated rings. The topological polar surface area (TPSA) is 117 Å². The van der Waals surface area contributed by atoms with Crippen LogP contribution in [0.3, 0.4) is 0 Å². The molecular formula is C15H29N5O3. The highest BCUT2D eigenvalue weighted by Gasteiger charge is 2.31. The number of hydrogen-bond acceptors (Lipinski definition) is 5. The van der Waals surface area contributed by atoms with Crippen LogP contribution in [-0.4, -0.2) is 53.9 Å². The molecule has 1 heterocycles. The average molecular weight is 327 g/mol. The van der Waals surface area contributed by atoms with Gasteiger partial charge < -0.3 is 16.4 Å². The average Bonchev–Trinajstić information content (AvgIpc) is 2.51. The van der Waals surface area contributed by atoms with Crippen LogP contribution in [0.4, 0.5) is 0 Å². The van der Waals surface area contributed by atoms with Crippen LogP contribution >= 0.6 is 0 Å². The predicted molar refractivity (Wildman–Crippen MR) is 87.0 cm³/mol. The summed E-state index contributed by atoms with van der Waals surface area (Å²) in [4.78, 5) is 36.0. The van der Waals surface area contributed by atoms with Gasteiger partial charge in [0.15, 0.2) is 0 Å². The monoisotopic (exact) mass is 327 g/mol. The van der Waals surface area contributed by atoms with Crippen molar-refractivity contribution in [2.24, 2.45) is 11.7 Å². The van der Waals surface area contributed by atoms with Gasteiger partial charge in [-0.25, -0.2) is 5.43 Å². The zero-order valence-electron chi connectivity index (χ0n) is 14.4. The van der Waals surface area contributed by atoms with Gasteiger partial charge >= 0.3 is 0 Å². The Hall–Kier alpha value is -1.67. The summed E-state index contributed by atoms with van der Waals surface area (Å²) in [5.41, 5.74) is 8.10. The molecule has 3 atom stereocenters. The lowest BCUT2D eigenvalue weighted by Crippen LogP contribution is -2.61. The van der Waals surface area contributed by atoms with Crippen LogP contribution in [0.25, 0.3) is 0 Å². The summed E-state index contributed by atoms with van der Waals surface area (Å²) in [5, 5.41) is 7.23. The molecule has 0 spiro atoms. The quantitative estimate of drug-likeness (QED) is 0.484. The fraction of sp³-hybridized carbons (Fsp3) is 0.800. The summed E-state index contributed by atoms with van der Waals surface area (Å²) in [5.74, 6) is -0.842. The van der Waals surface area contributed by atoms with E-state index in [9.17, 15) is 14.4 Å². The van der Waals surface area contributed by atoms with Gasteiger partial charge in [0.1, 0.15) is 12.1 Å². The van der Waals surface area contributed by atoms with E-state index in [4.69, 9.17) is 5.73 Å². The van der Waals surface area contributed by atoms with Gasteiger partial charge in [-0.3, -0.25) is 19.4 Å². The molecular weight excluding hydrogens is 298 g/mol. The Bertz CT molecular complexity index is 441. The number of amides is 3. The second-order valence-electron chi connectivity index (χ2n) is 6.23. The van der Waals surface area contributed by atoms with Gasteiger partial charge in [0.25, 0.3) is 5.91 Å².